The first-order chi connectivity index (χ1) is 17.0. The van der Waals surface area contributed by atoms with E-state index in [-0.39, 0.29) is 5.91 Å². The van der Waals surface area contributed by atoms with E-state index in [1.165, 1.54) is 0 Å². The fourth-order valence-corrected chi connectivity index (χ4v) is 3.94. The third-order valence-corrected chi connectivity index (χ3v) is 5.88. The van der Waals surface area contributed by atoms with Crippen molar-refractivity contribution in [1.82, 2.24) is 14.7 Å². The lowest BCUT2D eigenvalue weighted by Crippen LogP contribution is -2.31. The van der Waals surface area contributed by atoms with E-state index in [2.05, 4.69) is 6.92 Å². The van der Waals surface area contributed by atoms with Crippen LogP contribution in [0.15, 0.2) is 78.9 Å². The van der Waals surface area contributed by atoms with Gasteiger partial charge in [-0.25, -0.2) is 4.68 Å². The maximum atomic E-state index is 13.4. The molecule has 1 aromatic heterocycles. The van der Waals surface area contributed by atoms with Crippen molar-refractivity contribution in [2.75, 3.05) is 13.7 Å². The molecule has 0 aliphatic heterocycles. The van der Waals surface area contributed by atoms with Gasteiger partial charge in [0.2, 0.25) is 5.88 Å². The number of carbonyl (C=O) groups excluding carboxylic acids is 1. The number of aromatic nitrogens is 2. The number of ether oxygens (including phenoxy) is 2. The smallest absolute Gasteiger partial charge is 0.254 e. The molecule has 0 aliphatic carbocycles. The van der Waals surface area contributed by atoms with E-state index in [9.17, 15) is 4.79 Å². The number of rotatable bonds is 9. The minimum Gasteiger partial charge on any atom is -0.497 e. The molecular weight excluding hydrogens is 462 g/mol. The largest absolute Gasteiger partial charge is 0.497 e. The predicted octanol–water partition coefficient (Wildman–Crippen LogP) is 6.69. The number of halogens is 1. The number of carbonyl (C=O) groups is 1. The first kappa shape index (κ1) is 24.4. The number of benzene rings is 3. The Hall–Kier alpha value is -3.77. The lowest BCUT2D eigenvalue weighted by Gasteiger charge is -2.23. The molecule has 4 rings (SSSR count). The summed E-state index contributed by atoms with van der Waals surface area (Å²) in [4.78, 5) is 15.2. The summed E-state index contributed by atoms with van der Waals surface area (Å²) in [5, 5.41) is 5.38. The quantitative estimate of drug-likeness (QED) is 0.263. The first-order valence-electron chi connectivity index (χ1n) is 11.5. The van der Waals surface area contributed by atoms with E-state index in [4.69, 9.17) is 26.2 Å². The molecular formula is C28H28ClN3O3. The Morgan fingerprint density at radius 1 is 0.971 bits per heavy atom. The Morgan fingerprint density at radius 3 is 2.26 bits per heavy atom. The number of aryl methyl sites for hydroxylation is 1. The second-order valence-electron chi connectivity index (χ2n) is 8.13. The van der Waals surface area contributed by atoms with Gasteiger partial charge in [0.1, 0.15) is 11.5 Å². The van der Waals surface area contributed by atoms with Crippen molar-refractivity contribution >= 4 is 17.5 Å². The number of hydrogen-bond acceptors (Lipinski definition) is 4. The molecule has 0 aliphatic rings. The summed E-state index contributed by atoms with van der Waals surface area (Å²) < 4.78 is 13.4. The summed E-state index contributed by atoms with van der Waals surface area (Å²) in [7, 11) is 1.63. The van der Waals surface area contributed by atoms with Crippen LogP contribution in [0.25, 0.3) is 5.69 Å². The van der Waals surface area contributed by atoms with E-state index in [1.807, 2.05) is 66.4 Å². The Balaban J connectivity index is 1.73. The van der Waals surface area contributed by atoms with Gasteiger partial charge in [-0.3, -0.25) is 4.79 Å². The van der Waals surface area contributed by atoms with Crippen LogP contribution in [0.1, 0.15) is 35.0 Å². The van der Waals surface area contributed by atoms with E-state index >= 15 is 0 Å². The van der Waals surface area contributed by atoms with Gasteiger partial charge in [0.25, 0.3) is 5.91 Å². The number of nitrogens with zero attached hydrogens (tertiary/aromatic N) is 3. The Bertz CT molecular complexity index is 1270. The van der Waals surface area contributed by atoms with Crippen LogP contribution in [0, 0.1) is 6.92 Å². The average Bonchev–Trinajstić information content (AvgIpc) is 3.19. The maximum absolute atomic E-state index is 13.4. The van der Waals surface area contributed by atoms with Crippen molar-refractivity contribution in [3.63, 3.8) is 0 Å². The Kier molecular flexibility index (Phi) is 7.73. The molecule has 4 aromatic rings. The predicted molar refractivity (Wildman–Crippen MR) is 138 cm³/mol. The summed E-state index contributed by atoms with van der Waals surface area (Å²) in [6, 6.07) is 24.2. The molecule has 0 spiro atoms. The highest BCUT2D eigenvalue weighted by atomic mass is 35.5. The summed E-state index contributed by atoms with van der Waals surface area (Å²) in [5.74, 6) is 1.90. The standard InChI is InChI=1S/C28H28ClN3O3/c1-4-18-31(27(33)21-10-12-22(29)13-11-21)19-26-20(2)30-32(23-8-6-5-7-9-23)28(26)35-25-16-14-24(34-3)15-17-25/h5-17H,4,18-19H2,1-3H3. The molecule has 6 nitrogen and oxygen atoms in total. The molecule has 3 aromatic carbocycles. The van der Waals surface area contributed by atoms with Crippen molar-refractivity contribution in [3.8, 4) is 23.1 Å². The van der Waals surface area contributed by atoms with Gasteiger partial charge in [0.05, 0.1) is 30.6 Å². The molecule has 0 saturated carbocycles. The molecule has 0 N–H and O–H groups in total. The highest BCUT2D eigenvalue weighted by molar-refractivity contribution is 6.30. The van der Waals surface area contributed by atoms with Crippen LogP contribution in [-0.2, 0) is 6.54 Å². The molecule has 0 fully saturated rings. The monoisotopic (exact) mass is 489 g/mol. The summed E-state index contributed by atoms with van der Waals surface area (Å²) in [6.45, 7) is 4.95. The van der Waals surface area contributed by atoms with Crippen LogP contribution >= 0.6 is 11.6 Å². The van der Waals surface area contributed by atoms with Gasteiger partial charge in [-0.1, -0.05) is 36.7 Å². The van der Waals surface area contributed by atoms with Crippen molar-refractivity contribution in [3.05, 3.63) is 101 Å². The van der Waals surface area contributed by atoms with Crippen molar-refractivity contribution in [2.24, 2.45) is 0 Å². The van der Waals surface area contributed by atoms with Crippen LogP contribution < -0.4 is 9.47 Å². The average molecular weight is 490 g/mol. The lowest BCUT2D eigenvalue weighted by atomic mass is 10.1. The fraction of sp³-hybridized carbons (Fsp3) is 0.214. The van der Waals surface area contributed by atoms with E-state index in [0.29, 0.717) is 35.3 Å². The van der Waals surface area contributed by atoms with Crippen LogP contribution in [0.2, 0.25) is 5.02 Å². The van der Waals surface area contributed by atoms with Gasteiger partial charge in [0, 0.05) is 17.1 Å². The number of para-hydroxylation sites is 1. The van der Waals surface area contributed by atoms with Crippen LogP contribution in [0.5, 0.6) is 17.4 Å². The van der Waals surface area contributed by atoms with E-state index in [1.54, 1.807) is 36.1 Å². The SMILES string of the molecule is CCCN(Cc1c(C)nn(-c2ccccc2)c1Oc1ccc(OC)cc1)C(=O)c1ccc(Cl)cc1. The molecule has 35 heavy (non-hydrogen) atoms. The normalized spacial score (nSPS) is 10.7. The molecule has 7 heteroatoms. The molecule has 0 saturated heterocycles. The Labute approximate surface area is 210 Å². The van der Waals surface area contributed by atoms with Gasteiger partial charge in [-0.05, 0) is 74.0 Å². The van der Waals surface area contributed by atoms with Gasteiger partial charge < -0.3 is 14.4 Å². The zero-order valence-electron chi connectivity index (χ0n) is 20.1. The number of amides is 1. The Morgan fingerprint density at radius 2 is 1.63 bits per heavy atom. The summed E-state index contributed by atoms with van der Waals surface area (Å²) >= 11 is 6.03. The van der Waals surface area contributed by atoms with E-state index < -0.39 is 0 Å². The number of methoxy groups -OCH3 is 1. The van der Waals surface area contributed by atoms with Gasteiger partial charge >= 0.3 is 0 Å². The zero-order valence-corrected chi connectivity index (χ0v) is 20.8. The van der Waals surface area contributed by atoms with Crippen LogP contribution in [0.4, 0.5) is 0 Å². The molecule has 1 heterocycles. The highest BCUT2D eigenvalue weighted by Crippen LogP contribution is 2.32. The van der Waals surface area contributed by atoms with Gasteiger partial charge in [-0.2, -0.15) is 5.10 Å². The lowest BCUT2D eigenvalue weighted by molar-refractivity contribution is 0.0742. The molecule has 0 atom stereocenters. The zero-order chi connectivity index (χ0) is 24.8. The maximum Gasteiger partial charge on any atom is 0.254 e. The summed E-state index contributed by atoms with van der Waals surface area (Å²) in [6.07, 6.45) is 0.819. The fourth-order valence-electron chi connectivity index (χ4n) is 3.81. The van der Waals surface area contributed by atoms with Gasteiger partial charge in [-0.15, -0.1) is 0 Å². The van der Waals surface area contributed by atoms with Crippen LogP contribution in [-0.4, -0.2) is 34.2 Å². The van der Waals surface area contributed by atoms with Gasteiger partial charge in [0.15, 0.2) is 0 Å². The van der Waals surface area contributed by atoms with Crippen molar-refractivity contribution in [1.29, 1.82) is 0 Å². The molecule has 0 unspecified atom stereocenters. The van der Waals surface area contributed by atoms with E-state index in [0.717, 1.165) is 29.1 Å². The third kappa shape index (κ3) is 5.66. The summed E-state index contributed by atoms with van der Waals surface area (Å²) in [5.41, 5.74) is 3.10. The van der Waals surface area contributed by atoms with Crippen molar-refractivity contribution < 1.29 is 14.3 Å². The minimum absolute atomic E-state index is 0.0641. The second kappa shape index (κ2) is 11.1. The highest BCUT2D eigenvalue weighted by Gasteiger charge is 2.24. The molecule has 0 radical (unpaired) electrons. The minimum atomic E-state index is -0.0641. The van der Waals surface area contributed by atoms with Crippen molar-refractivity contribution in [2.45, 2.75) is 26.8 Å². The van der Waals surface area contributed by atoms with Crippen LogP contribution in [0.3, 0.4) is 0 Å². The molecule has 1 amide bonds. The second-order valence-corrected chi connectivity index (χ2v) is 8.56. The molecule has 0 bridgehead atoms. The first-order valence-corrected chi connectivity index (χ1v) is 11.9. The number of hydrogen-bond donors (Lipinski definition) is 0. The topological polar surface area (TPSA) is 56.6 Å². The third-order valence-electron chi connectivity index (χ3n) is 5.63. The molecule has 180 valence electrons.